The van der Waals surface area contributed by atoms with E-state index in [0.29, 0.717) is 10.8 Å². The number of hydrogen-bond donors (Lipinski definition) is 0. The Labute approximate surface area is 164 Å². The second kappa shape index (κ2) is 6.20. The van der Waals surface area contributed by atoms with Crippen LogP contribution in [-0.4, -0.2) is 28.9 Å². The van der Waals surface area contributed by atoms with Crippen molar-refractivity contribution in [1.82, 2.24) is 23.1 Å². The molecular formula is C19H18ClN5O3. The summed E-state index contributed by atoms with van der Waals surface area (Å²) in [7, 11) is 1.54. The lowest BCUT2D eigenvalue weighted by Gasteiger charge is -2.12. The van der Waals surface area contributed by atoms with Crippen LogP contribution in [0.5, 0.6) is 0 Å². The highest BCUT2D eigenvalue weighted by atomic mass is 35.5. The normalized spacial score (nSPS) is 12.8. The molecule has 0 aliphatic heterocycles. The summed E-state index contributed by atoms with van der Waals surface area (Å²) in [5.41, 5.74) is 1.01. The maximum atomic E-state index is 13.1. The Morgan fingerprint density at radius 1 is 1.25 bits per heavy atom. The molecule has 0 aliphatic rings. The van der Waals surface area contributed by atoms with Crippen molar-refractivity contribution in [3.8, 4) is 5.69 Å². The Morgan fingerprint density at radius 3 is 2.61 bits per heavy atom. The van der Waals surface area contributed by atoms with Gasteiger partial charge in [-0.1, -0.05) is 17.7 Å². The van der Waals surface area contributed by atoms with Crippen molar-refractivity contribution in [2.75, 3.05) is 0 Å². The van der Waals surface area contributed by atoms with Gasteiger partial charge in [0.1, 0.15) is 0 Å². The Morgan fingerprint density at radius 2 is 1.96 bits per heavy atom. The molecule has 0 fully saturated rings. The van der Waals surface area contributed by atoms with E-state index in [1.807, 2.05) is 23.6 Å². The van der Waals surface area contributed by atoms with E-state index in [1.54, 1.807) is 22.7 Å². The number of hydrogen-bond acceptors (Lipinski definition) is 4. The first-order chi connectivity index (χ1) is 13.2. The Kier molecular flexibility index (Phi) is 4.04. The number of nitrogens with zero attached hydrogens (tertiary/aromatic N) is 5. The molecule has 4 rings (SSSR count). The van der Waals surface area contributed by atoms with Crippen molar-refractivity contribution in [2.45, 2.75) is 26.8 Å². The molecule has 144 valence electrons. The molecule has 1 atom stereocenters. The van der Waals surface area contributed by atoms with Crippen molar-refractivity contribution in [1.29, 1.82) is 0 Å². The highest BCUT2D eigenvalue weighted by Crippen LogP contribution is 2.23. The minimum absolute atomic E-state index is 0.245. The van der Waals surface area contributed by atoms with Gasteiger partial charge in [0.25, 0.3) is 5.56 Å². The summed E-state index contributed by atoms with van der Waals surface area (Å²) in [6.45, 7) is 4.78. The number of imidazole rings is 2. The Balaban J connectivity index is 2.15. The lowest BCUT2D eigenvalue weighted by molar-refractivity contribution is -0.119. The Bertz CT molecular complexity index is 1390. The summed E-state index contributed by atoms with van der Waals surface area (Å²) in [5.74, 6) is 0.210. The Hall–Kier alpha value is -3.13. The molecule has 0 aliphatic carbocycles. The van der Waals surface area contributed by atoms with E-state index in [0.717, 1.165) is 15.9 Å². The van der Waals surface area contributed by atoms with Gasteiger partial charge in [-0.3, -0.25) is 23.1 Å². The number of halogens is 1. The van der Waals surface area contributed by atoms with Gasteiger partial charge in [-0.2, -0.15) is 4.98 Å². The minimum Gasteiger partial charge on any atom is -0.298 e. The number of ketones is 1. The molecule has 8 nitrogen and oxygen atoms in total. The van der Waals surface area contributed by atoms with E-state index in [2.05, 4.69) is 4.98 Å². The molecule has 0 N–H and O–H groups in total. The third-order valence-corrected chi connectivity index (χ3v) is 5.25. The maximum Gasteiger partial charge on any atom is 0.333 e. The minimum atomic E-state index is -0.864. The van der Waals surface area contributed by atoms with Crippen LogP contribution < -0.4 is 11.2 Å². The molecule has 3 aromatic heterocycles. The topological polar surface area (TPSA) is 83.3 Å². The fourth-order valence-corrected chi connectivity index (χ4v) is 3.62. The molecule has 1 aromatic carbocycles. The van der Waals surface area contributed by atoms with Crippen LogP contribution in [0.15, 0.2) is 40.1 Å². The van der Waals surface area contributed by atoms with Crippen molar-refractivity contribution in [3.05, 3.63) is 62.0 Å². The van der Waals surface area contributed by atoms with Crippen LogP contribution in [0.3, 0.4) is 0 Å². The van der Waals surface area contributed by atoms with Gasteiger partial charge in [-0.25, -0.2) is 9.36 Å². The van der Waals surface area contributed by atoms with E-state index in [1.165, 1.54) is 25.5 Å². The van der Waals surface area contributed by atoms with Gasteiger partial charge in [-0.05, 0) is 39.0 Å². The van der Waals surface area contributed by atoms with Crippen LogP contribution >= 0.6 is 11.6 Å². The predicted molar refractivity (Wildman–Crippen MR) is 107 cm³/mol. The summed E-state index contributed by atoms with van der Waals surface area (Å²) < 4.78 is 5.77. The molecule has 9 heteroatoms. The maximum absolute atomic E-state index is 13.1. The summed E-state index contributed by atoms with van der Waals surface area (Å²) in [6.07, 6.45) is 1.78. The summed E-state index contributed by atoms with van der Waals surface area (Å²) in [5, 5.41) is 0.574. The van der Waals surface area contributed by atoms with Crippen LogP contribution in [0.1, 0.15) is 25.6 Å². The lowest BCUT2D eigenvalue weighted by atomic mass is 10.2. The van der Waals surface area contributed by atoms with Crippen LogP contribution in [0.2, 0.25) is 5.02 Å². The third-order valence-electron chi connectivity index (χ3n) is 5.02. The molecule has 4 aromatic rings. The smallest absolute Gasteiger partial charge is 0.298 e. The molecule has 0 amide bonds. The van der Waals surface area contributed by atoms with E-state index < -0.39 is 17.3 Å². The largest absolute Gasteiger partial charge is 0.333 e. The monoisotopic (exact) mass is 399 g/mol. The molecule has 0 spiro atoms. The first kappa shape index (κ1) is 18.2. The molecule has 28 heavy (non-hydrogen) atoms. The van der Waals surface area contributed by atoms with Gasteiger partial charge < -0.3 is 0 Å². The highest BCUT2D eigenvalue weighted by Gasteiger charge is 2.24. The summed E-state index contributed by atoms with van der Waals surface area (Å²) >= 11 is 6.13. The average Bonchev–Trinajstić information content (AvgIpc) is 3.14. The molecule has 0 radical (unpaired) electrons. The van der Waals surface area contributed by atoms with Gasteiger partial charge in [0.15, 0.2) is 16.9 Å². The van der Waals surface area contributed by atoms with Crippen LogP contribution in [0.25, 0.3) is 22.6 Å². The van der Waals surface area contributed by atoms with Crippen molar-refractivity contribution in [3.63, 3.8) is 0 Å². The van der Waals surface area contributed by atoms with Crippen LogP contribution in [0, 0.1) is 6.92 Å². The van der Waals surface area contributed by atoms with Gasteiger partial charge in [-0.15, -0.1) is 0 Å². The number of benzene rings is 1. The SMILES string of the molecule is CC(=O)C(C)n1c(=O)c2c(nc3n(-c4cccc(Cl)c4)c(C)cn23)n(C)c1=O. The molecular weight excluding hydrogens is 382 g/mol. The van der Waals surface area contributed by atoms with Gasteiger partial charge >= 0.3 is 5.69 Å². The number of rotatable bonds is 3. The van der Waals surface area contributed by atoms with E-state index >= 15 is 0 Å². The summed E-state index contributed by atoms with van der Waals surface area (Å²) in [6, 6.07) is 6.41. The number of aromatic nitrogens is 5. The zero-order valence-electron chi connectivity index (χ0n) is 15.8. The van der Waals surface area contributed by atoms with E-state index in [9.17, 15) is 14.4 Å². The summed E-state index contributed by atoms with van der Waals surface area (Å²) in [4.78, 5) is 42.2. The standard InChI is InChI=1S/C19H18ClN5O3/c1-10-9-23-15-16(21-18(23)24(10)14-7-5-6-13(20)8-14)22(4)19(28)25(17(15)27)11(2)12(3)26/h5-9,11H,1-4H3. The first-order valence-electron chi connectivity index (χ1n) is 8.70. The molecule has 0 bridgehead atoms. The fourth-order valence-electron chi connectivity index (χ4n) is 3.43. The van der Waals surface area contributed by atoms with Crippen molar-refractivity contribution in [2.24, 2.45) is 7.05 Å². The lowest BCUT2D eigenvalue weighted by Crippen LogP contribution is -2.42. The first-order valence-corrected chi connectivity index (χ1v) is 9.08. The second-order valence-corrected chi connectivity index (χ2v) is 7.28. The van der Waals surface area contributed by atoms with Gasteiger partial charge in [0, 0.05) is 24.0 Å². The number of carbonyl (C=O) groups is 1. The average molecular weight is 400 g/mol. The van der Waals surface area contributed by atoms with Crippen molar-refractivity contribution < 1.29 is 4.79 Å². The quantitative estimate of drug-likeness (QED) is 0.529. The second-order valence-electron chi connectivity index (χ2n) is 6.84. The van der Waals surface area contributed by atoms with Gasteiger partial charge in [0.05, 0.1) is 11.7 Å². The molecule has 1 unspecified atom stereocenters. The van der Waals surface area contributed by atoms with Crippen molar-refractivity contribution >= 4 is 34.3 Å². The molecule has 0 saturated heterocycles. The zero-order valence-corrected chi connectivity index (χ0v) is 16.6. The van der Waals surface area contributed by atoms with E-state index in [4.69, 9.17) is 11.6 Å². The predicted octanol–water partition coefficient (Wildman–Crippen LogP) is 2.25. The van der Waals surface area contributed by atoms with Crippen LogP contribution in [0.4, 0.5) is 0 Å². The van der Waals surface area contributed by atoms with Gasteiger partial charge in [0.2, 0.25) is 5.78 Å². The number of Topliss-reactive ketones (excluding diaryl/α,β-unsaturated/α-hetero) is 1. The molecule has 3 heterocycles. The highest BCUT2D eigenvalue weighted by molar-refractivity contribution is 6.30. The fraction of sp³-hybridized carbons (Fsp3) is 0.263. The van der Waals surface area contributed by atoms with E-state index in [-0.39, 0.29) is 16.9 Å². The third kappa shape index (κ3) is 2.45. The number of fused-ring (bicyclic) bond motifs is 3. The zero-order chi connectivity index (χ0) is 20.3. The number of aryl methyl sites for hydroxylation is 2. The van der Waals surface area contributed by atoms with Crippen LogP contribution in [-0.2, 0) is 11.8 Å². The number of carbonyl (C=O) groups excluding carboxylic acids is 1. The molecule has 0 saturated carbocycles.